The van der Waals surface area contributed by atoms with E-state index in [-0.39, 0.29) is 18.1 Å². The number of nitrogens with one attached hydrogen (secondary N) is 2. The average molecular weight is 311 g/mol. The van der Waals surface area contributed by atoms with Gasteiger partial charge in [-0.3, -0.25) is 0 Å². The van der Waals surface area contributed by atoms with Crippen LogP contribution in [0, 0.1) is 17.3 Å². The van der Waals surface area contributed by atoms with Crippen LogP contribution in [0.3, 0.4) is 0 Å². The van der Waals surface area contributed by atoms with Gasteiger partial charge in [0.05, 0.1) is 0 Å². The van der Waals surface area contributed by atoms with E-state index < -0.39 is 0 Å². The lowest BCUT2D eigenvalue weighted by atomic mass is 9.67. The van der Waals surface area contributed by atoms with Crippen LogP contribution >= 0.6 is 0 Å². The van der Waals surface area contributed by atoms with Gasteiger partial charge < -0.3 is 20.6 Å². The topological polar surface area (TPSA) is 64.6 Å². The van der Waals surface area contributed by atoms with Crippen LogP contribution in [0.5, 0.6) is 0 Å². The first kappa shape index (κ1) is 17.5. The van der Waals surface area contributed by atoms with Crippen molar-refractivity contribution in [3.63, 3.8) is 0 Å². The van der Waals surface area contributed by atoms with Crippen molar-refractivity contribution >= 4 is 6.03 Å². The maximum absolute atomic E-state index is 12.0. The molecule has 0 aromatic heterocycles. The Morgan fingerprint density at radius 1 is 1.36 bits per heavy atom. The first-order valence-electron chi connectivity index (χ1n) is 8.88. The SMILES string of the molecule is CC(C)CN1CCC(CNC(=O)NCC2(CCO)CCC2)C1. The molecule has 0 bridgehead atoms. The smallest absolute Gasteiger partial charge is 0.314 e. The molecule has 1 heterocycles. The number of likely N-dealkylation sites (tertiary alicyclic amines) is 1. The molecule has 3 N–H and O–H groups in total. The fraction of sp³-hybridized carbons (Fsp3) is 0.941. The van der Waals surface area contributed by atoms with Crippen molar-refractivity contribution in [2.24, 2.45) is 17.3 Å². The zero-order valence-electron chi connectivity index (χ0n) is 14.2. The number of hydrogen-bond acceptors (Lipinski definition) is 3. The summed E-state index contributed by atoms with van der Waals surface area (Å²) in [6.45, 7) is 9.61. The van der Waals surface area contributed by atoms with Gasteiger partial charge in [0.25, 0.3) is 0 Å². The zero-order valence-corrected chi connectivity index (χ0v) is 14.2. The Bertz CT molecular complexity index is 356. The van der Waals surface area contributed by atoms with Gasteiger partial charge in [0.1, 0.15) is 0 Å². The van der Waals surface area contributed by atoms with Crippen LogP contribution in [0.15, 0.2) is 0 Å². The molecule has 2 rings (SSSR count). The molecule has 0 aromatic rings. The Kier molecular flexibility index (Phi) is 6.50. The van der Waals surface area contributed by atoms with E-state index in [0.29, 0.717) is 18.4 Å². The molecule has 22 heavy (non-hydrogen) atoms. The highest BCUT2D eigenvalue weighted by Crippen LogP contribution is 2.43. The number of amides is 2. The van der Waals surface area contributed by atoms with E-state index in [1.54, 1.807) is 0 Å². The average Bonchev–Trinajstić information content (AvgIpc) is 2.86. The Morgan fingerprint density at radius 2 is 2.14 bits per heavy atom. The van der Waals surface area contributed by atoms with Gasteiger partial charge in [-0.15, -0.1) is 0 Å². The predicted octanol–water partition coefficient (Wildman–Crippen LogP) is 1.82. The molecule has 2 fully saturated rings. The molecule has 1 aliphatic heterocycles. The van der Waals surface area contributed by atoms with Crippen molar-refractivity contribution in [2.45, 2.75) is 46.0 Å². The largest absolute Gasteiger partial charge is 0.396 e. The fourth-order valence-corrected chi connectivity index (χ4v) is 3.76. The fourth-order valence-electron chi connectivity index (χ4n) is 3.76. The second-order valence-electron chi connectivity index (χ2n) is 7.70. The van der Waals surface area contributed by atoms with Crippen molar-refractivity contribution in [2.75, 3.05) is 39.3 Å². The highest BCUT2D eigenvalue weighted by Gasteiger charge is 2.36. The van der Waals surface area contributed by atoms with Crippen molar-refractivity contribution < 1.29 is 9.90 Å². The lowest BCUT2D eigenvalue weighted by molar-refractivity contribution is 0.0884. The summed E-state index contributed by atoms with van der Waals surface area (Å²) >= 11 is 0. The minimum Gasteiger partial charge on any atom is -0.396 e. The predicted molar refractivity (Wildman–Crippen MR) is 88.8 cm³/mol. The van der Waals surface area contributed by atoms with Gasteiger partial charge >= 0.3 is 6.03 Å². The summed E-state index contributed by atoms with van der Waals surface area (Å²) in [5.74, 6) is 1.29. The van der Waals surface area contributed by atoms with Crippen molar-refractivity contribution in [1.29, 1.82) is 0 Å². The Balaban J connectivity index is 1.60. The number of nitrogens with zero attached hydrogens (tertiary/aromatic N) is 1. The molecule has 1 atom stereocenters. The molecule has 0 spiro atoms. The lowest BCUT2D eigenvalue weighted by Crippen LogP contribution is -2.47. The van der Waals surface area contributed by atoms with E-state index in [4.69, 9.17) is 5.11 Å². The molecular formula is C17H33N3O2. The summed E-state index contributed by atoms with van der Waals surface area (Å²) in [5.41, 5.74) is 0.160. The molecule has 5 heteroatoms. The normalized spacial score (nSPS) is 24.3. The van der Waals surface area contributed by atoms with E-state index in [0.717, 1.165) is 45.4 Å². The number of rotatable bonds is 8. The third-order valence-corrected chi connectivity index (χ3v) is 5.22. The monoisotopic (exact) mass is 311 g/mol. The maximum atomic E-state index is 12.0. The van der Waals surface area contributed by atoms with Crippen LogP contribution < -0.4 is 10.6 Å². The molecule has 1 unspecified atom stereocenters. The van der Waals surface area contributed by atoms with Crippen LogP contribution in [-0.2, 0) is 0 Å². The minimum atomic E-state index is -0.0495. The molecule has 2 aliphatic rings. The van der Waals surface area contributed by atoms with Gasteiger partial charge in [-0.05, 0) is 49.5 Å². The van der Waals surface area contributed by atoms with E-state index >= 15 is 0 Å². The van der Waals surface area contributed by atoms with E-state index in [9.17, 15) is 4.79 Å². The van der Waals surface area contributed by atoms with Gasteiger partial charge in [-0.2, -0.15) is 0 Å². The Labute approximate surface area is 134 Å². The van der Waals surface area contributed by atoms with Crippen molar-refractivity contribution in [1.82, 2.24) is 15.5 Å². The first-order valence-corrected chi connectivity index (χ1v) is 8.88. The number of aliphatic hydroxyl groups excluding tert-OH is 1. The standard InChI is InChI=1S/C17H33N3O2/c1-14(2)11-20-8-4-15(12-20)10-18-16(22)19-13-17(7-9-21)5-3-6-17/h14-15,21H,3-13H2,1-2H3,(H2,18,19,22). The molecule has 1 aliphatic carbocycles. The number of carbonyl (C=O) groups is 1. The van der Waals surface area contributed by atoms with Crippen LogP contribution in [0.4, 0.5) is 4.79 Å². The highest BCUT2D eigenvalue weighted by molar-refractivity contribution is 5.73. The number of carbonyl (C=O) groups excluding carboxylic acids is 1. The quantitative estimate of drug-likeness (QED) is 0.640. The zero-order chi connectivity index (χ0) is 16.0. The summed E-state index contributed by atoms with van der Waals surface area (Å²) < 4.78 is 0. The Morgan fingerprint density at radius 3 is 2.73 bits per heavy atom. The third-order valence-electron chi connectivity index (χ3n) is 5.22. The molecule has 0 aromatic carbocycles. The van der Waals surface area contributed by atoms with Crippen LogP contribution in [0.2, 0.25) is 0 Å². The van der Waals surface area contributed by atoms with Crippen LogP contribution in [-0.4, -0.2) is 55.4 Å². The van der Waals surface area contributed by atoms with Gasteiger partial charge in [0.15, 0.2) is 0 Å². The molecule has 128 valence electrons. The van der Waals surface area contributed by atoms with E-state index in [2.05, 4.69) is 29.4 Å². The van der Waals surface area contributed by atoms with Gasteiger partial charge in [0, 0.05) is 32.8 Å². The van der Waals surface area contributed by atoms with Gasteiger partial charge in [-0.25, -0.2) is 4.79 Å². The molecular weight excluding hydrogens is 278 g/mol. The first-order chi connectivity index (χ1) is 10.5. The second-order valence-corrected chi connectivity index (χ2v) is 7.70. The molecule has 0 radical (unpaired) electrons. The minimum absolute atomic E-state index is 0.0495. The lowest BCUT2D eigenvalue weighted by Gasteiger charge is -2.41. The van der Waals surface area contributed by atoms with Gasteiger partial charge in [-0.1, -0.05) is 20.3 Å². The molecule has 1 saturated heterocycles. The summed E-state index contributed by atoms with van der Waals surface area (Å²) in [6, 6.07) is -0.0495. The molecule has 5 nitrogen and oxygen atoms in total. The summed E-state index contributed by atoms with van der Waals surface area (Å²) in [7, 11) is 0. The number of hydrogen-bond donors (Lipinski definition) is 3. The molecule has 1 saturated carbocycles. The van der Waals surface area contributed by atoms with Crippen LogP contribution in [0.25, 0.3) is 0 Å². The van der Waals surface area contributed by atoms with E-state index in [1.165, 1.54) is 12.8 Å². The van der Waals surface area contributed by atoms with Crippen molar-refractivity contribution in [3.8, 4) is 0 Å². The van der Waals surface area contributed by atoms with Gasteiger partial charge in [0.2, 0.25) is 0 Å². The highest BCUT2D eigenvalue weighted by atomic mass is 16.3. The van der Waals surface area contributed by atoms with Crippen molar-refractivity contribution in [3.05, 3.63) is 0 Å². The second kappa shape index (κ2) is 8.16. The summed E-state index contributed by atoms with van der Waals surface area (Å²) in [6.07, 6.45) is 5.46. The number of aliphatic hydroxyl groups is 1. The summed E-state index contributed by atoms with van der Waals surface area (Å²) in [5, 5.41) is 15.2. The van der Waals surface area contributed by atoms with Crippen LogP contribution in [0.1, 0.15) is 46.0 Å². The molecule has 2 amide bonds. The summed E-state index contributed by atoms with van der Waals surface area (Å²) in [4.78, 5) is 14.5. The Hall–Kier alpha value is -0.810. The number of urea groups is 1. The third kappa shape index (κ3) is 5.13. The maximum Gasteiger partial charge on any atom is 0.314 e. The van der Waals surface area contributed by atoms with E-state index in [1.807, 2.05) is 0 Å².